The summed E-state index contributed by atoms with van der Waals surface area (Å²) in [5, 5.41) is 11.6. The molecule has 6 nitrogen and oxygen atoms in total. The second-order valence-corrected chi connectivity index (χ2v) is 5.44. The fraction of sp³-hybridized carbons (Fsp3) is 0.267. The number of carbonyl (C=O) groups is 1. The van der Waals surface area contributed by atoms with Crippen LogP contribution in [0.25, 0.3) is 0 Å². The van der Waals surface area contributed by atoms with Gasteiger partial charge < -0.3 is 14.6 Å². The summed E-state index contributed by atoms with van der Waals surface area (Å²) in [4.78, 5) is 12.0. The molecule has 0 aliphatic rings. The standard InChI is InChI=1S/C15H18N4O2S/c1-4-8-19-11(2)17-18-15(19)22-10-14(20)16-12-6-5-7-13(9-12)21-3/h4-7,9H,1,8,10H2,2-3H3,(H,16,20). The zero-order valence-electron chi connectivity index (χ0n) is 12.6. The maximum atomic E-state index is 12.0. The molecule has 0 bridgehead atoms. The van der Waals surface area contributed by atoms with Crippen molar-refractivity contribution in [1.29, 1.82) is 0 Å². The molecule has 1 aromatic heterocycles. The summed E-state index contributed by atoms with van der Waals surface area (Å²) in [5.41, 5.74) is 0.702. The minimum atomic E-state index is -0.107. The van der Waals surface area contributed by atoms with Crippen LogP contribution in [0.1, 0.15) is 5.82 Å². The van der Waals surface area contributed by atoms with Gasteiger partial charge in [0.15, 0.2) is 5.16 Å². The lowest BCUT2D eigenvalue weighted by atomic mass is 10.3. The molecule has 0 spiro atoms. The van der Waals surface area contributed by atoms with Crippen molar-refractivity contribution in [1.82, 2.24) is 14.8 Å². The number of thioether (sulfide) groups is 1. The molecule has 1 aromatic carbocycles. The number of aryl methyl sites for hydroxylation is 1. The second-order valence-electron chi connectivity index (χ2n) is 4.50. The molecule has 0 aliphatic heterocycles. The van der Waals surface area contributed by atoms with Crippen molar-refractivity contribution in [2.24, 2.45) is 0 Å². The number of aromatic nitrogens is 3. The Kier molecular flexibility index (Phi) is 5.60. The van der Waals surface area contributed by atoms with E-state index in [0.29, 0.717) is 23.1 Å². The van der Waals surface area contributed by atoms with Gasteiger partial charge in [-0.15, -0.1) is 16.8 Å². The van der Waals surface area contributed by atoms with Gasteiger partial charge in [0.05, 0.1) is 12.9 Å². The van der Waals surface area contributed by atoms with E-state index >= 15 is 0 Å². The molecule has 116 valence electrons. The van der Waals surface area contributed by atoms with Crippen LogP contribution in [0.3, 0.4) is 0 Å². The van der Waals surface area contributed by atoms with Crippen molar-refractivity contribution in [2.45, 2.75) is 18.6 Å². The lowest BCUT2D eigenvalue weighted by Gasteiger charge is -2.07. The van der Waals surface area contributed by atoms with Crippen LogP contribution in [0.5, 0.6) is 5.75 Å². The normalized spacial score (nSPS) is 10.3. The number of amides is 1. The molecular weight excluding hydrogens is 300 g/mol. The van der Waals surface area contributed by atoms with Crippen LogP contribution in [0.2, 0.25) is 0 Å². The molecule has 0 unspecified atom stereocenters. The number of anilines is 1. The fourth-order valence-electron chi connectivity index (χ4n) is 1.84. The highest BCUT2D eigenvalue weighted by Crippen LogP contribution is 2.19. The van der Waals surface area contributed by atoms with E-state index in [9.17, 15) is 4.79 Å². The highest BCUT2D eigenvalue weighted by Gasteiger charge is 2.11. The third-order valence-electron chi connectivity index (χ3n) is 2.90. The highest BCUT2D eigenvalue weighted by atomic mass is 32.2. The number of nitrogens with one attached hydrogen (secondary N) is 1. The van der Waals surface area contributed by atoms with E-state index in [1.165, 1.54) is 11.8 Å². The van der Waals surface area contributed by atoms with Crippen LogP contribution in [0.4, 0.5) is 5.69 Å². The minimum absolute atomic E-state index is 0.107. The van der Waals surface area contributed by atoms with E-state index in [0.717, 1.165) is 5.82 Å². The molecule has 2 rings (SSSR count). The van der Waals surface area contributed by atoms with Gasteiger partial charge in [-0.3, -0.25) is 4.79 Å². The molecule has 1 amide bonds. The van der Waals surface area contributed by atoms with E-state index < -0.39 is 0 Å². The summed E-state index contributed by atoms with van der Waals surface area (Å²) in [5.74, 6) is 1.65. The predicted molar refractivity (Wildman–Crippen MR) is 87.3 cm³/mol. The topological polar surface area (TPSA) is 69.0 Å². The number of hydrogen-bond acceptors (Lipinski definition) is 5. The van der Waals surface area contributed by atoms with E-state index in [1.807, 2.05) is 29.7 Å². The van der Waals surface area contributed by atoms with Crippen molar-refractivity contribution in [3.8, 4) is 5.75 Å². The molecule has 7 heteroatoms. The lowest BCUT2D eigenvalue weighted by molar-refractivity contribution is -0.113. The monoisotopic (exact) mass is 318 g/mol. The van der Waals surface area contributed by atoms with E-state index in [-0.39, 0.29) is 11.7 Å². The van der Waals surface area contributed by atoms with Gasteiger partial charge in [-0.2, -0.15) is 0 Å². The van der Waals surface area contributed by atoms with E-state index in [2.05, 4.69) is 22.1 Å². The molecule has 0 saturated carbocycles. The largest absolute Gasteiger partial charge is 0.497 e. The summed E-state index contributed by atoms with van der Waals surface area (Å²) >= 11 is 1.34. The Bertz CT molecular complexity index is 669. The molecule has 0 saturated heterocycles. The first-order valence-electron chi connectivity index (χ1n) is 6.71. The van der Waals surface area contributed by atoms with E-state index in [1.54, 1.807) is 19.3 Å². The van der Waals surface area contributed by atoms with Gasteiger partial charge >= 0.3 is 0 Å². The van der Waals surface area contributed by atoms with Crippen molar-refractivity contribution in [3.05, 3.63) is 42.7 Å². The van der Waals surface area contributed by atoms with Crippen LogP contribution in [0.15, 0.2) is 42.1 Å². The van der Waals surface area contributed by atoms with Gasteiger partial charge in [-0.25, -0.2) is 0 Å². The average molecular weight is 318 g/mol. The van der Waals surface area contributed by atoms with Crippen molar-refractivity contribution < 1.29 is 9.53 Å². The number of allylic oxidation sites excluding steroid dienone is 1. The molecule has 0 atom stereocenters. The molecule has 2 aromatic rings. The van der Waals surface area contributed by atoms with Gasteiger partial charge in [0.25, 0.3) is 0 Å². The number of ether oxygens (including phenoxy) is 1. The van der Waals surface area contributed by atoms with Crippen LogP contribution >= 0.6 is 11.8 Å². The third-order valence-corrected chi connectivity index (χ3v) is 3.87. The number of methoxy groups -OCH3 is 1. The van der Waals surface area contributed by atoms with Crippen LogP contribution in [0, 0.1) is 6.92 Å². The van der Waals surface area contributed by atoms with Crippen LogP contribution in [-0.2, 0) is 11.3 Å². The Morgan fingerprint density at radius 1 is 1.50 bits per heavy atom. The maximum absolute atomic E-state index is 12.0. The third kappa shape index (κ3) is 4.11. The summed E-state index contributed by atoms with van der Waals surface area (Å²) in [6, 6.07) is 7.24. The Balaban J connectivity index is 1.94. The summed E-state index contributed by atoms with van der Waals surface area (Å²) in [7, 11) is 1.59. The van der Waals surface area contributed by atoms with Crippen LogP contribution in [-0.4, -0.2) is 33.5 Å². The van der Waals surface area contributed by atoms with Gasteiger partial charge in [0.2, 0.25) is 5.91 Å². The smallest absolute Gasteiger partial charge is 0.234 e. The zero-order valence-corrected chi connectivity index (χ0v) is 13.4. The average Bonchev–Trinajstić information content (AvgIpc) is 2.86. The quantitative estimate of drug-likeness (QED) is 0.627. The number of benzene rings is 1. The first kappa shape index (κ1) is 16.1. The molecule has 0 aliphatic carbocycles. The molecule has 22 heavy (non-hydrogen) atoms. The second kappa shape index (κ2) is 7.65. The summed E-state index contributed by atoms with van der Waals surface area (Å²) in [6.45, 7) is 6.20. The molecule has 1 N–H and O–H groups in total. The number of nitrogens with zero attached hydrogens (tertiary/aromatic N) is 3. The van der Waals surface area contributed by atoms with Crippen molar-refractivity contribution in [3.63, 3.8) is 0 Å². The van der Waals surface area contributed by atoms with Crippen LogP contribution < -0.4 is 10.1 Å². The summed E-state index contributed by atoms with van der Waals surface area (Å²) in [6.07, 6.45) is 1.77. The van der Waals surface area contributed by atoms with Crippen molar-refractivity contribution >= 4 is 23.4 Å². The Morgan fingerprint density at radius 2 is 2.32 bits per heavy atom. The minimum Gasteiger partial charge on any atom is -0.497 e. The summed E-state index contributed by atoms with van der Waals surface area (Å²) < 4.78 is 7.04. The Hall–Kier alpha value is -2.28. The van der Waals surface area contributed by atoms with Crippen molar-refractivity contribution in [2.75, 3.05) is 18.2 Å². The Morgan fingerprint density at radius 3 is 3.05 bits per heavy atom. The maximum Gasteiger partial charge on any atom is 0.234 e. The number of carbonyl (C=O) groups excluding carboxylic acids is 1. The molecule has 1 heterocycles. The Labute approximate surface area is 133 Å². The highest BCUT2D eigenvalue weighted by molar-refractivity contribution is 7.99. The van der Waals surface area contributed by atoms with Gasteiger partial charge in [0.1, 0.15) is 11.6 Å². The van der Waals surface area contributed by atoms with E-state index in [4.69, 9.17) is 4.74 Å². The molecular formula is C15H18N4O2S. The molecule has 0 radical (unpaired) electrons. The SMILES string of the molecule is C=CCn1c(C)nnc1SCC(=O)Nc1cccc(OC)c1. The molecule has 0 fully saturated rings. The number of rotatable bonds is 7. The lowest BCUT2D eigenvalue weighted by Crippen LogP contribution is -2.14. The van der Waals surface area contributed by atoms with Gasteiger partial charge in [-0.1, -0.05) is 23.9 Å². The van der Waals surface area contributed by atoms with Gasteiger partial charge in [-0.05, 0) is 19.1 Å². The first-order valence-corrected chi connectivity index (χ1v) is 7.70. The zero-order chi connectivity index (χ0) is 15.9. The number of hydrogen-bond donors (Lipinski definition) is 1. The predicted octanol–water partition coefficient (Wildman–Crippen LogP) is 2.51. The first-order chi connectivity index (χ1) is 10.6. The van der Waals surface area contributed by atoms with Gasteiger partial charge in [0, 0.05) is 18.3 Å². The fourth-order valence-corrected chi connectivity index (χ4v) is 2.63.